The highest BCUT2D eigenvalue weighted by atomic mass is 35.5. The van der Waals surface area contributed by atoms with Gasteiger partial charge in [-0.2, -0.15) is 0 Å². The van der Waals surface area contributed by atoms with E-state index in [-0.39, 0.29) is 23.8 Å². The summed E-state index contributed by atoms with van der Waals surface area (Å²) >= 11 is 24.6. The summed E-state index contributed by atoms with van der Waals surface area (Å²) in [7, 11) is 0. The average molecular weight is 572 g/mol. The molecule has 0 aromatic heterocycles. The van der Waals surface area contributed by atoms with Crippen LogP contribution in [0.25, 0.3) is 12.2 Å². The van der Waals surface area contributed by atoms with Crippen LogP contribution >= 0.6 is 46.4 Å². The number of hydrogen-bond acceptors (Lipinski definition) is 3. The van der Waals surface area contributed by atoms with Crippen molar-refractivity contribution in [2.75, 3.05) is 0 Å². The topological polar surface area (TPSA) is 63.4 Å². The smallest absolute Gasteiger partial charge is 0.240 e. The molecular formula is C29H22Cl4N2O2. The first-order valence-corrected chi connectivity index (χ1v) is 13.2. The lowest BCUT2D eigenvalue weighted by molar-refractivity contribution is -0.145. The van der Waals surface area contributed by atoms with Gasteiger partial charge in [-0.1, -0.05) is 88.9 Å². The van der Waals surface area contributed by atoms with Crippen molar-refractivity contribution in [3.63, 3.8) is 0 Å². The molecule has 0 spiro atoms. The van der Waals surface area contributed by atoms with Crippen molar-refractivity contribution >= 4 is 70.2 Å². The number of nitrogens with zero attached hydrogens (tertiary/aromatic N) is 1. The number of benzene rings is 3. The number of carbonyl (C=O) groups excluding carboxylic acids is 2. The predicted octanol–water partition coefficient (Wildman–Crippen LogP) is 6.89. The van der Waals surface area contributed by atoms with E-state index in [9.17, 15) is 9.59 Å². The summed E-state index contributed by atoms with van der Waals surface area (Å²) in [5.41, 5.74) is 9.82. The molecule has 1 aliphatic carbocycles. The van der Waals surface area contributed by atoms with Gasteiger partial charge in [0.25, 0.3) is 0 Å². The maximum absolute atomic E-state index is 13.7. The van der Waals surface area contributed by atoms with E-state index in [0.717, 1.165) is 16.7 Å². The highest BCUT2D eigenvalue weighted by Crippen LogP contribution is 2.45. The summed E-state index contributed by atoms with van der Waals surface area (Å²) in [6.07, 6.45) is 4.57. The van der Waals surface area contributed by atoms with Gasteiger partial charge in [-0.25, -0.2) is 0 Å². The molecule has 2 heterocycles. The summed E-state index contributed by atoms with van der Waals surface area (Å²) in [4.78, 5) is 29.0. The van der Waals surface area contributed by atoms with E-state index in [1.165, 1.54) is 0 Å². The molecule has 37 heavy (non-hydrogen) atoms. The molecule has 3 aromatic rings. The van der Waals surface area contributed by atoms with Crippen molar-refractivity contribution in [3.8, 4) is 0 Å². The summed E-state index contributed by atoms with van der Waals surface area (Å²) < 4.78 is 0. The van der Waals surface area contributed by atoms with Gasteiger partial charge < -0.3 is 10.6 Å². The Kier molecular flexibility index (Phi) is 7.49. The molecule has 1 amide bonds. The molecule has 4 nitrogen and oxygen atoms in total. The van der Waals surface area contributed by atoms with Crippen LogP contribution < -0.4 is 5.73 Å². The SMILES string of the molecule is NC(Cc1ccccc1)C(=O)N1C2CC1C(=Cc1ccc(Cl)c(Cl)c1)C(=O)C2=Cc1ccc(Cl)c(Cl)c1. The Morgan fingerprint density at radius 2 is 1.35 bits per heavy atom. The molecule has 188 valence electrons. The molecule has 3 fully saturated rings. The van der Waals surface area contributed by atoms with Gasteiger partial charge in [-0.05, 0) is 65.9 Å². The molecule has 3 atom stereocenters. The quantitative estimate of drug-likeness (QED) is 0.339. The molecule has 1 saturated carbocycles. The van der Waals surface area contributed by atoms with Crippen molar-refractivity contribution in [2.45, 2.75) is 31.0 Å². The van der Waals surface area contributed by atoms with Crippen LogP contribution in [-0.4, -0.2) is 34.7 Å². The third-order valence-corrected chi connectivity index (χ3v) is 8.24. The van der Waals surface area contributed by atoms with Crippen LogP contribution in [0.2, 0.25) is 20.1 Å². The highest BCUT2D eigenvalue weighted by molar-refractivity contribution is 6.42. The lowest BCUT2D eigenvalue weighted by Crippen LogP contribution is -2.68. The fourth-order valence-corrected chi connectivity index (χ4v) is 5.49. The van der Waals surface area contributed by atoms with E-state index in [1.807, 2.05) is 30.3 Å². The Morgan fingerprint density at radius 3 is 1.84 bits per heavy atom. The number of nitrogens with two attached hydrogens (primary N) is 1. The van der Waals surface area contributed by atoms with Crippen molar-refractivity contribution in [3.05, 3.63) is 115 Å². The number of rotatable bonds is 5. The van der Waals surface area contributed by atoms with E-state index in [2.05, 4.69) is 0 Å². The maximum atomic E-state index is 13.7. The Labute approximate surface area is 235 Å². The second-order valence-electron chi connectivity index (χ2n) is 9.18. The average Bonchev–Trinajstić information content (AvgIpc) is 2.86. The molecule has 2 bridgehead atoms. The number of Topliss-reactive ketones (excluding diaryl/α,β-unsaturated/α-hetero) is 1. The molecule has 2 saturated heterocycles. The number of carbonyl (C=O) groups is 2. The lowest BCUT2D eigenvalue weighted by atomic mass is 9.70. The summed E-state index contributed by atoms with van der Waals surface area (Å²) in [5.74, 6) is -0.322. The van der Waals surface area contributed by atoms with E-state index in [4.69, 9.17) is 52.1 Å². The third-order valence-electron chi connectivity index (χ3n) is 6.76. The monoisotopic (exact) mass is 570 g/mol. The zero-order chi connectivity index (χ0) is 26.3. The maximum Gasteiger partial charge on any atom is 0.240 e. The number of piperidine rings is 1. The fraction of sp³-hybridized carbons (Fsp3) is 0.172. The van der Waals surface area contributed by atoms with Gasteiger partial charge in [0.15, 0.2) is 5.78 Å². The summed E-state index contributed by atoms with van der Waals surface area (Å²) in [5, 5.41) is 1.61. The summed E-state index contributed by atoms with van der Waals surface area (Å²) in [6.45, 7) is 0. The third kappa shape index (κ3) is 5.22. The standard InChI is InChI=1S/C29H22Cl4N2O2/c30-21-8-6-17(12-23(21)32)10-19-26-15-27(20(28(19)36)11-18-7-9-22(31)24(33)13-18)35(26)29(37)25(34)14-16-4-2-1-3-5-16/h1-13,25-27H,14-15,34H2. The van der Waals surface area contributed by atoms with Gasteiger partial charge in [0, 0.05) is 11.1 Å². The number of fused-ring (bicyclic) bond motifs is 2. The minimum absolute atomic E-state index is 0.126. The van der Waals surface area contributed by atoms with Crippen LogP contribution in [0.3, 0.4) is 0 Å². The molecule has 3 aliphatic rings. The van der Waals surface area contributed by atoms with E-state index in [1.54, 1.807) is 53.5 Å². The molecule has 3 unspecified atom stereocenters. The first-order valence-electron chi connectivity index (χ1n) is 11.7. The zero-order valence-corrected chi connectivity index (χ0v) is 22.5. The zero-order valence-electron chi connectivity index (χ0n) is 19.5. The van der Waals surface area contributed by atoms with Gasteiger partial charge in [0.05, 0.1) is 38.2 Å². The van der Waals surface area contributed by atoms with Crippen molar-refractivity contribution in [1.29, 1.82) is 0 Å². The van der Waals surface area contributed by atoms with Crippen LogP contribution in [-0.2, 0) is 16.0 Å². The van der Waals surface area contributed by atoms with Gasteiger partial charge in [0.1, 0.15) is 0 Å². The molecule has 6 rings (SSSR count). The van der Waals surface area contributed by atoms with Crippen molar-refractivity contribution in [1.82, 2.24) is 4.90 Å². The minimum Gasteiger partial charge on any atom is -0.327 e. The molecule has 3 aromatic carbocycles. The van der Waals surface area contributed by atoms with Crippen LogP contribution in [0.4, 0.5) is 0 Å². The van der Waals surface area contributed by atoms with E-state index in [0.29, 0.717) is 44.1 Å². The van der Waals surface area contributed by atoms with E-state index >= 15 is 0 Å². The van der Waals surface area contributed by atoms with Gasteiger partial charge in [-0.3, -0.25) is 9.59 Å². The largest absolute Gasteiger partial charge is 0.327 e. The minimum atomic E-state index is -0.738. The first-order chi connectivity index (χ1) is 17.7. The first kappa shape index (κ1) is 26.0. The second kappa shape index (κ2) is 10.6. The molecular weight excluding hydrogens is 550 g/mol. The Balaban J connectivity index is 1.53. The Bertz CT molecular complexity index is 1370. The van der Waals surface area contributed by atoms with Gasteiger partial charge in [0.2, 0.25) is 5.91 Å². The Hall–Kier alpha value is -2.60. The molecule has 8 heteroatoms. The van der Waals surface area contributed by atoms with Crippen LogP contribution in [0, 0.1) is 0 Å². The highest BCUT2D eigenvalue weighted by Gasteiger charge is 2.54. The Morgan fingerprint density at radius 1 is 0.838 bits per heavy atom. The van der Waals surface area contributed by atoms with Crippen LogP contribution in [0.1, 0.15) is 23.1 Å². The van der Waals surface area contributed by atoms with Crippen molar-refractivity contribution in [2.24, 2.45) is 5.73 Å². The number of hydrogen-bond donors (Lipinski definition) is 1. The lowest BCUT2D eigenvalue weighted by Gasteiger charge is -2.55. The van der Waals surface area contributed by atoms with Crippen LogP contribution in [0.5, 0.6) is 0 Å². The van der Waals surface area contributed by atoms with Gasteiger partial charge in [-0.15, -0.1) is 0 Å². The predicted molar refractivity (Wildman–Crippen MR) is 151 cm³/mol. The number of amides is 1. The summed E-state index contributed by atoms with van der Waals surface area (Å²) in [6, 6.07) is 18.5. The molecule has 2 N–H and O–H groups in total. The molecule has 0 radical (unpaired) electrons. The molecule has 2 aliphatic heterocycles. The fourth-order valence-electron chi connectivity index (χ4n) is 4.88. The second-order valence-corrected chi connectivity index (χ2v) is 10.8. The van der Waals surface area contributed by atoms with Crippen LogP contribution in [0.15, 0.2) is 77.9 Å². The van der Waals surface area contributed by atoms with Gasteiger partial charge >= 0.3 is 0 Å². The van der Waals surface area contributed by atoms with Crippen molar-refractivity contribution < 1.29 is 9.59 Å². The normalized spacial score (nSPS) is 21.8. The van der Waals surface area contributed by atoms with E-state index < -0.39 is 6.04 Å². The number of ketones is 1. The number of halogens is 4.